The lowest BCUT2D eigenvalue weighted by Gasteiger charge is -2.23. The second kappa shape index (κ2) is 6.58. The molecular weight excluding hydrogens is 289 g/mol. The van der Waals surface area contributed by atoms with Gasteiger partial charge in [0.25, 0.3) is 0 Å². The standard InChI is InChI=1S/C12H18FNO3S2/c1-10(8-18(3)15)14(2)19(16,17)9-11-6-4-5-7-12(11)13/h4-7,10H,8-9H2,1-3H3. The van der Waals surface area contributed by atoms with Gasteiger partial charge in [-0.05, 0) is 13.0 Å². The van der Waals surface area contributed by atoms with E-state index in [1.807, 2.05) is 0 Å². The zero-order valence-electron chi connectivity index (χ0n) is 11.2. The number of sulfonamides is 1. The third kappa shape index (κ3) is 4.67. The molecule has 19 heavy (non-hydrogen) atoms. The molecule has 0 radical (unpaired) electrons. The maximum absolute atomic E-state index is 13.5. The zero-order valence-corrected chi connectivity index (χ0v) is 12.8. The van der Waals surface area contributed by atoms with Crippen LogP contribution >= 0.6 is 0 Å². The van der Waals surface area contributed by atoms with Gasteiger partial charge in [-0.1, -0.05) is 18.2 Å². The van der Waals surface area contributed by atoms with Gasteiger partial charge in [0, 0.05) is 41.5 Å². The minimum Gasteiger partial charge on any atom is -0.260 e. The van der Waals surface area contributed by atoms with Crippen LogP contribution in [0.15, 0.2) is 24.3 Å². The van der Waals surface area contributed by atoms with E-state index in [0.717, 1.165) is 4.31 Å². The van der Waals surface area contributed by atoms with Crippen molar-refractivity contribution in [1.29, 1.82) is 0 Å². The third-order valence-electron chi connectivity index (χ3n) is 2.83. The summed E-state index contributed by atoms with van der Waals surface area (Å²) in [6.07, 6.45) is 1.52. The minimum atomic E-state index is -3.62. The monoisotopic (exact) mass is 307 g/mol. The molecule has 0 spiro atoms. The lowest BCUT2D eigenvalue weighted by atomic mass is 10.2. The van der Waals surface area contributed by atoms with E-state index in [-0.39, 0.29) is 17.4 Å². The Kier molecular flexibility index (Phi) is 5.64. The molecule has 0 fully saturated rings. The number of hydrogen-bond donors (Lipinski definition) is 0. The summed E-state index contributed by atoms with van der Waals surface area (Å²) in [6.45, 7) is 1.68. The van der Waals surface area contributed by atoms with Gasteiger partial charge in [0.1, 0.15) is 5.82 Å². The number of halogens is 1. The van der Waals surface area contributed by atoms with Gasteiger partial charge in [0.05, 0.1) is 5.75 Å². The van der Waals surface area contributed by atoms with E-state index >= 15 is 0 Å². The molecule has 0 aromatic heterocycles. The summed E-state index contributed by atoms with van der Waals surface area (Å²) in [5.41, 5.74) is 0.138. The highest BCUT2D eigenvalue weighted by atomic mass is 32.2. The van der Waals surface area contributed by atoms with Gasteiger partial charge in [-0.3, -0.25) is 4.21 Å². The second-order valence-electron chi connectivity index (χ2n) is 4.45. The van der Waals surface area contributed by atoms with E-state index in [2.05, 4.69) is 0 Å². The van der Waals surface area contributed by atoms with Crippen LogP contribution in [0.25, 0.3) is 0 Å². The number of hydrogen-bond acceptors (Lipinski definition) is 3. The molecule has 2 unspecified atom stereocenters. The van der Waals surface area contributed by atoms with Crippen LogP contribution in [0.4, 0.5) is 4.39 Å². The van der Waals surface area contributed by atoms with Crippen LogP contribution in [0.3, 0.4) is 0 Å². The van der Waals surface area contributed by atoms with Crippen molar-refractivity contribution in [2.75, 3.05) is 19.1 Å². The van der Waals surface area contributed by atoms with Crippen molar-refractivity contribution >= 4 is 20.8 Å². The van der Waals surface area contributed by atoms with Crippen molar-refractivity contribution in [3.8, 4) is 0 Å². The highest BCUT2D eigenvalue weighted by Gasteiger charge is 2.25. The van der Waals surface area contributed by atoms with Crippen LogP contribution in [0, 0.1) is 5.82 Å². The molecule has 0 saturated heterocycles. The normalized spacial score (nSPS) is 15.4. The number of benzene rings is 1. The fourth-order valence-corrected chi connectivity index (χ4v) is 4.08. The van der Waals surface area contributed by atoms with Gasteiger partial charge in [0.15, 0.2) is 0 Å². The second-order valence-corrected chi connectivity index (χ2v) is 7.96. The fraction of sp³-hybridized carbons (Fsp3) is 0.500. The lowest BCUT2D eigenvalue weighted by Crippen LogP contribution is -2.39. The molecule has 1 aromatic rings. The summed E-state index contributed by atoms with van der Waals surface area (Å²) in [7, 11) is -3.28. The van der Waals surface area contributed by atoms with Crippen LogP contribution in [-0.4, -0.2) is 42.0 Å². The Hall–Kier alpha value is -0.790. The third-order valence-corrected chi connectivity index (χ3v) is 5.70. The largest absolute Gasteiger partial charge is 0.260 e. The summed E-state index contributed by atoms with van der Waals surface area (Å²) in [5, 5.41) is 0. The summed E-state index contributed by atoms with van der Waals surface area (Å²) in [4.78, 5) is 0. The highest BCUT2D eigenvalue weighted by molar-refractivity contribution is 7.88. The van der Waals surface area contributed by atoms with E-state index in [9.17, 15) is 17.0 Å². The molecule has 0 amide bonds. The maximum Gasteiger partial charge on any atom is 0.218 e. The van der Waals surface area contributed by atoms with E-state index in [4.69, 9.17) is 0 Å². The van der Waals surface area contributed by atoms with E-state index in [1.54, 1.807) is 13.0 Å². The summed E-state index contributed by atoms with van der Waals surface area (Å²) in [5.74, 6) is -0.671. The Bertz CT molecular complexity index is 560. The first-order chi connectivity index (χ1) is 8.74. The van der Waals surface area contributed by atoms with Gasteiger partial charge in [-0.15, -0.1) is 0 Å². The predicted molar refractivity (Wildman–Crippen MR) is 75.2 cm³/mol. The van der Waals surface area contributed by atoms with Gasteiger partial charge in [-0.2, -0.15) is 0 Å². The molecular formula is C12H18FNO3S2. The first-order valence-corrected chi connectivity index (χ1v) is 9.07. The topological polar surface area (TPSA) is 54.5 Å². The van der Waals surface area contributed by atoms with Crippen molar-refractivity contribution in [2.24, 2.45) is 0 Å². The summed E-state index contributed by atoms with van der Waals surface area (Å²) < 4.78 is 50.0. The van der Waals surface area contributed by atoms with Crippen LogP contribution < -0.4 is 0 Å². The van der Waals surface area contributed by atoms with E-state index in [1.165, 1.54) is 31.5 Å². The fourth-order valence-electron chi connectivity index (χ4n) is 1.63. The van der Waals surface area contributed by atoms with Crippen molar-refractivity contribution in [2.45, 2.75) is 18.7 Å². The van der Waals surface area contributed by atoms with Crippen LogP contribution in [-0.2, 0) is 26.6 Å². The molecule has 0 bridgehead atoms. The van der Waals surface area contributed by atoms with E-state index in [0.29, 0.717) is 0 Å². The summed E-state index contributed by atoms with van der Waals surface area (Å²) >= 11 is 0. The molecule has 0 aliphatic rings. The van der Waals surface area contributed by atoms with Crippen molar-refractivity contribution in [1.82, 2.24) is 4.31 Å². The SMILES string of the molecule is CC(CS(C)=O)N(C)S(=O)(=O)Cc1ccccc1F. The Morgan fingerprint density at radius 3 is 2.47 bits per heavy atom. The van der Waals surface area contributed by atoms with Gasteiger partial charge < -0.3 is 0 Å². The maximum atomic E-state index is 13.5. The molecule has 1 aromatic carbocycles. The molecule has 0 N–H and O–H groups in total. The molecule has 0 aliphatic heterocycles. The molecule has 108 valence electrons. The quantitative estimate of drug-likeness (QED) is 0.797. The predicted octanol–water partition coefficient (Wildman–Crippen LogP) is 1.35. The van der Waals surface area contributed by atoms with Crippen molar-refractivity contribution in [3.63, 3.8) is 0 Å². The van der Waals surface area contributed by atoms with Crippen molar-refractivity contribution < 1.29 is 17.0 Å². The molecule has 7 heteroatoms. The Morgan fingerprint density at radius 1 is 1.37 bits per heavy atom. The lowest BCUT2D eigenvalue weighted by molar-refractivity contribution is 0.412. The Balaban J connectivity index is 2.87. The Labute approximate surface area is 116 Å². The van der Waals surface area contributed by atoms with Crippen LogP contribution in [0.1, 0.15) is 12.5 Å². The summed E-state index contributed by atoms with van der Waals surface area (Å²) in [6, 6.07) is 5.40. The average molecular weight is 307 g/mol. The minimum absolute atomic E-state index is 0.138. The van der Waals surface area contributed by atoms with Crippen LogP contribution in [0.2, 0.25) is 0 Å². The molecule has 1 rings (SSSR count). The molecule has 0 saturated carbocycles. The van der Waals surface area contributed by atoms with Crippen LogP contribution in [0.5, 0.6) is 0 Å². The Morgan fingerprint density at radius 2 is 1.95 bits per heavy atom. The smallest absolute Gasteiger partial charge is 0.218 e. The molecule has 0 heterocycles. The first kappa shape index (κ1) is 16.3. The van der Waals surface area contributed by atoms with Gasteiger partial charge in [0.2, 0.25) is 10.0 Å². The van der Waals surface area contributed by atoms with Crippen molar-refractivity contribution in [3.05, 3.63) is 35.6 Å². The van der Waals surface area contributed by atoms with Gasteiger partial charge >= 0.3 is 0 Å². The number of rotatable bonds is 6. The van der Waals surface area contributed by atoms with E-state index < -0.39 is 32.4 Å². The molecule has 2 atom stereocenters. The molecule has 4 nitrogen and oxygen atoms in total. The highest BCUT2D eigenvalue weighted by Crippen LogP contribution is 2.15. The van der Waals surface area contributed by atoms with Gasteiger partial charge in [-0.25, -0.2) is 17.1 Å². The zero-order chi connectivity index (χ0) is 14.6. The molecule has 0 aliphatic carbocycles. The number of nitrogens with zero attached hydrogens (tertiary/aromatic N) is 1. The average Bonchev–Trinajstić information content (AvgIpc) is 2.30. The first-order valence-electron chi connectivity index (χ1n) is 5.73.